The Morgan fingerprint density at radius 2 is 2.11 bits per heavy atom. The van der Waals surface area contributed by atoms with Gasteiger partial charge in [-0.15, -0.1) is 0 Å². The largest absolute Gasteiger partial charge is 0.465 e. The molecule has 0 aliphatic heterocycles. The minimum atomic E-state index is -0.557. The first-order valence-electron chi connectivity index (χ1n) is 5.42. The Balaban J connectivity index is 2.55. The van der Waals surface area contributed by atoms with Crippen molar-refractivity contribution in [2.24, 2.45) is 0 Å². The summed E-state index contributed by atoms with van der Waals surface area (Å²) < 4.78 is 18.3. The number of ether oxygens (including phenoxy) is 1. The fourth-order valence-electron chi connectivity index (χ4n) is 1.78. The Morgan fingerprint density at radius 3 is 2.78 bits per heavy atom. The van der Waals surface area contributed by atoms with Crippen molar-refractivity contribution >= 4 is 5.97 Å². The molecule has 3 nitrogen and oxygen atoms in total. The van der Waals surface area contributed by atoms with E-state index in [4.69, 9.17) is 0 Å². The Morgan fingerprint density at radius 1 is 1.33 bits per heavy atom. The Bertz CT molecular complexity index is 596. The molecule has 1 heterocycles. The maximum atomic E-state index is 13.6. The first-order chi connectivity index (χ1) is 8.61. The van der Waals surface area contributed by atoms with E-state index >= 15 is 0 Å². The molecule has 0 saturated heterocycles. The van der Waals surface area contributed by atoms with Crippen molar-refractivity contribution in [2.75, 3.05) is 7.11 Å². The fraction of sp³-hybridized carbons (Fsp3) is 0.143. The van der Waals surface area contributed by atoms with Gasteiger partial charge < -0.3 is 4.74 Å². The van der Waals surface area contributed by atoms with Crippen LogP contribution in [0, 0.1) is 12.9 Å². The standard InChI is InChI=1S/C14H12FNO2/c1-9-6-10(8-11(7-9)14(17)18-2)12-4-3-5-16-13(12)15/h3-8H,1-2H3. The molecule has 0 unspecified atom stereocenters. The molecule has 92 valence electrons. The molecule has 0 atom stereocenters. The normalized spacial score (nSPS) is 10.2. The van der Waals surface area contributed by atoms with Gasteiger partial charge in [-0.05, 0) is 42.3 Å². The van der Waals surface area contributed by atoms with Crippen LogP contribution < -0.4 is 0 Å². The van der Waals surface area contributed by atoms with Gasteiger partial charge in [-0.25, -0.2) is 9.78 Å². The monoisotopic (exact) mass is 245 g/mol. The van der Waals surface area contributed by atoms with Crippen molar-refractivity contribution in [2.45, 2.75) is 6.92 Å². The van der Waals surface area contributed by atoms with E-state index in [1.807, 2.05) is 6.92 Å². The molecule has 0 amide bonds. The number of hydrogen-bond donors (Lipinski definition) is 0. The van der Waals surface area contributed by atoms with Gasteiger partial charge in [-0.1, -0.05) is 6.07 Å². The second-order valence-electron chi connectivity index (χ2n) is 3.92. The minimum Gasteiger partial charge on any atom is -0.465 e. The van der Waals surface area contributed by atoms with Crippen LogP contribution in [-0.4, -0.2) is 18.1 Å². The van der Waals surface area contributed by atoms with Gasteiger partial charge in [0, 0.05) is 11.8 Å². The molecule has 0 aliphatic rings. The maximum Gasteiger partial charge on any atom is 0.337 e. The predicted octanol–water partition coefficient (Wildman–Crippen LogP) is 2.98. The third kappa shape index (κ3) is 2.37. The molecule has 1 aromatic heterocycles. The third-order valence-electron chi connectivity index (χ3n) is 2.57. The van der Waals surface area contributed by atoms with Crippen molar-refractivity contribution in [3.05, 3.63) is 53.6 Å². The first kappa shape index (κ1) is 12.2. The molecule has 2 rings (SSSR count). The number of pyridine rings is 1. The molecule has 0 saturated carbocycles. The summed E-state index contributed by atoms with van der Waals surface area (Å²) in [6.45, 7) is 1.84. The zero-order valence-electron chi connectivity index (χ0n) is 10.1. The van der Waals surface area contributed by atoms with Crippen molar-refractivity contribution in [1.29, 1.82) is 0 Å². The van der Waals surface area contributed by atoms with Gasteiger partial charge in [0.15, 0.2) is 0 Å². The number of hydrogen-bond acceptors (Lipinski definition) is 3. The molecule has 0 radical (unpaired) electrons. The lowest BCUT2D eigenvalue weighted by molar-refractivity contribution is 0.0600. The lowest BCUT2D eigenvalue weighted by Crippen LogP contribution is -2.02. The van der Waals surface area contributed by atoms with Gasteiger partial charge >= 0.3 is 5.97 Å². The number of aromatic nitrogens is 1. The average molecular weight is 245 g/mol. The predicted molar refractivity (Wildman–Crippen MR) is 65.7 cm³/mol. The van der Waals surface area contributed by atoms with E-state index in [1.165, 1.54) is 13.3 Å². The number of benzene rings is 1. The van der Waals surface area contributed by atoms with Crippen molar-refractivity contribution in [1.82, 2.24) is 4.98 Å². The molecule has 1 aromatic carbocycles. The summed E-state index contributed by atoms with van der Waals surface area (Å²) in [5, 5.41) is 0. The number of rotatable bonds is 2. The number of methoxy groups -OCH3 is 1. The SMILES string of the molecule is COC(=O)c1cc(C)cc(-c2cccnc2F)c1. The minimum absolute atomic E-state index is 0.367. The average Bonchev–Trinajstić information content (AvgIpc) is 2.37. The van der Waals surface area contributed by atoms with Gasteiger partial charge in [0.1, 0.15) is 0 Å². The van der Waals surface area contributed by atoms with Gasteiger partial charge in [-0.2, -0.15) is 4.39 Å². The molecule has 4 heteroatoms. The van der Waals surface area contributed by atoms with Crippen molar-refractivity contribution in [3.63, 3.8) is 0 Å². The van der Waals surface area contributed by atoms with Crippen LogP contribution in [0.15, 0.2) is 36.5 Å². The fourth-order valence-corrected chi connectivity index (χ4v) is 1.78. The highest BCUT2D eigenvalue weighted by Crippen LogP contribution is 2.24. The highest BCUT2D eigenvalue weighted by Gasteiger charge is 2.11. The number of carbonyl (C=O) groups excluding carboxylic acids is 1. The van der Waals surface area contributed by atoms with Crippen molar-refractivity contribution < 1.29 is 13.9 Å². The summed E-state index contributed by atoms with van der Waals surface area (Å²) in [6, 6.07) is 8.37. The van der Waals surface area contributed by atoms with Gasteiger partial charge in [0.05, 0.1) is 12.7 Å². The number of halogens is 1. The molecule has 0 aliphatic carbocycles. The summed E-state index contributed by atoms with van der Waals surface area (Å²) in [6.07, 6.45) is 1.38. The Kier molecular flexibility index (Phi) is 3.37. The zero-order valence-corrected chi connectivity index (χ0v) is 10.1. The second kappa shape index (κ2) is 4.96. The molecule has 0 N–H and O–H groups in total. The lowest BCUT2D eigenvalue weighted by Gasteiger charge is -2.07. The topological polar surface area (TPSA) is 39.2 Å². The summed E-state index contributed by atoms with van der Waals surface area (Å²) in [5.74, 6) is -0.997. The van der Waals surface area contributed by atoms with Crippen LogP contribution in [0.5, 0.6) is 0 Å². The quantitative estimate of drug-likeness (QED) is 0.603. The molecular weight excluding hydrogens is 233 g/mol. The van der Waals surface area contributed by atoms with Crippen LogP contribution in [-0.2, 0) is 4.74 Å². The van der Waals surface area contributed by atoms with E-state index in [2.05, 4.69) is 9.72 Å². The van der Waals surface area contributed by atoms with Crippen LogP contribution in [0.3, 0.4) is 0 Å². The molecule has 18 heavy (non-hydrogen) atoms. The van der Waals surface area contributed by atoms with E-state index in [0.29, 0.717) is 16.7 Å². The number of aryl methyl sites for hydroxylation is 1. The van der Waals surface area contributed by atoms with E-state index in [1.54, 1.807) is 30.3 Å². The number of carbonyl (C=O) groups is 1. The zero-order chi connectivity index (χ0) is 13.1. The number of esters is 1. The highest BCUT2D eigenvalue weighted by molar-refractivity contribution is 5.91. The molecule has 0 spiro atoms. The van der Waals surface area contributed by atoms with Crippen LogP contribution in [0.1, 0.15) is 15.9 Å². The summed E-state index contributed by atoms with van der Waals surface area (Å²) >= 11 is 0. The Labute approximate surface area is 104 Å². The number of nitrogens with zero attached hydrogens (tertiary/aromatic N) is 1. The molecular formula is C14H12FNO2. The first-order valence-corrected chi connectivity index (χ1v) is 5.42. The van der Waals surface area contributed by atoms with Crippen LogP contribution in [0.25, 0.3) is 11.1 Å². The third-order valence-corrected chi connectivity index (χ3v) is 2.57. The van der Waals surface area contributed by atoms with Crippen molar-refractivity contribution in [3.8, 4) is 11.1 Å². The highest BCUT2D eigenvalue weighted by atomic mass is 19.1. The Hall–Kier alpha value is -2.23. The van der Waals surface area contributed by atoms with Gasteiger partial charge in [-0.3, -0.25) is 0 Å². The van der Waals surface area contributed by atoms with Gasteiger partial charge in [0.25, 0.3) is 0 Å². The van der Waals surface area contributed by atoms with E-state index in [0.717, 1.165) is 5.56 Å². The van der Waals surface area contributed by atoms with Crippen LogP contribution >= 0.6 is 0 Å². The van der Waals surface area contributed by atoms with E-state index in [9.17, 15) is 9.18 Å². The van der Waals surface area contributed by atoms with Gasteiger partial charge in [0.2, 0.25) is 5.95 Å². The second-order valence-corrected chi connectivity index (χ2v) is 3.92. The molecule has 2 aromatic rings. The van der Waals surface area contributed by atoms with E-state index in [-0.39, 0.29) is 0 Å². The summed E-state index contributed by atoms with van der Waals surface area (Å²) in [4.78, 5) is 15.1. The molecule has 0 fully saturated rings. The maximum absolute atomic E-state index is 13.6. The van der Waals surface area contributed by atoms with Crippen LogP contribution in [0.2, 0.25) is 0 Å². The van der Waals surface area contributed by atoms with E-state index < -0.39 is 11.9 Å². The summed E-state index contributed by atoms with van der Waals surface area (Å²) in [5.41, 5.74) is 2.24. The summed E-state index contributed by atoms with van der Waals surface area (Å²) in [7, 11) is 1.31. The lowest BCUT2D eigenvalue weighted by atomic mass is 10.0. The molecule has 0 bridgehead atoms. The smallest absolute Gasteiger partial charge is 0.337 e. The van der Waals surface area contributed by atoms with Crippen LogP contribution in [0.4, 0.5) is 4.39 Å².